The van der Waals surface area contributed by atoms with Gasteiger partial charge in [0.2, 0.25) is 0 Å². The van der Waals surface area contributed by atoms with E-state index in [1.165, 1.54) is 12.1 Å². The minimum Gasteiger partial charge on any atom is -0.379 e. The van der Waals surface area contributed by atoms with Crippen LogP contribution in [0.4, 0.5) is 0 Å². The Kier molecular flexibility index (Phi) is 2.43. The second-order valence-electron chi connectivity index (χ2n) is 3.44. The average Bonchev–Trinajstić information content (AvgIpc) is 2.35. The van der Waals surface area contributed by atoms with Gasteiger partial charge < -0.3 is 4.74 Å². The van der Waals surface area contributed by atoms with E-state index < -0.39 is 0 Å². The minimum atomic E-state index is 0.352. The van der Waals surface area contributed by atoms with Crippen LogP contribution in [0.25, 0.3) is 0 Å². The predicted octanol–water partition coefficient (Wildman–Crippen LogP) is 2.30. The zero-order valence-electron chi connectivity index (χ0n) is 7.83. The Morgan fingerprint density at radius 3 is 2.77 bits per heavy atom. The van der Waals surface area contributed by atoms with Crippen molar-refractivity contribution in [1.82, 2.24) is 9.78 Å². The maximum absolute atomic E-state index is 5.34. The van der Waals surface area contributed by atoms with E-state index in [0.717, 1.165) is 10.9 Å². The molecule has 1 saturated carbocycles. The summed E-state index contributed by atoms with van der Waals surface area (Å²) in [6.07, 6.45) is 4.52. The Morgan fingerprint density at radius 2 is 2.38 bits per heavy atom. The van der Waals surface area contributed by atoms with Crippen molar-refractivity contribution in [3.8, 4) is 0 Å². The first kappa shape index (κ1) is 9.21. The molecule has 4 heteroatoms. The van der Waals surface area contributed by atoms with Gasteiger partial charge in [0.25, 0.3) is 0 Å². The molecule has 1 fully saturated rings. The summed E-state index contributed by atoms with van der Waals surface area (Å²) < 4.78 is 8.48. The van der Waals surface area contributed by atoms with Gasteiger partial charge in [-0.1, -0.05) is 0 Å². The number of aromatic nitrogens is 2. The lowest BCUT2D eigenvalue weighted by Gasteiger charge is -2.36. The topological polar surface area (TPSA) is 27.1 Å². The summed E-state index contributed by atoms with van der Waals surface area (Å²) >= 11 is 3.46. The van der Waals surface area contributed by atoms with Gasteiger partial charge in [0, 0.05) is 12.8 Å². The maximum atomic E-state index is 5.34. The van der Waals surface area contributed by atoms with E-state index in [1.807, 2.05) is 6.20 Å². The quantitative estimate of drug-likeness (QED) is 0.799. The van der Waals surface area contributed by atoms with Crippen LogP contribution in [0.15, 0.2) is 10.7 Å². The highest BCUT2D eigenvalue weighted by Crippen LogP contribution is 2.35. The van der Waals surface area contributed by atoms with Crippen LogP contribution in [-0.4, -0.2) is 23.0 Å². The fraction of sp³-hybridized carbons (Fsp3) is 0.667. The molecule has 0 aromatic carbocycles. The molecule has 1 aliphatic carbocycles. The van der Waals surface area contributed by atoms with Gasteiger partial charge in [-0.15, -0.1) is 0 Å². The van der Waals surface area contributed by atoms with Gasteiger partial charge in [-0.3, -0.25) is 4.68 Å². The molecular weight excluding hydrogens is 232 g/mol. The number of ether oxygens (including phenoxy) is 1. The third-order valence-electron chi connectivity index (χ3n) is 2.78. The fourth-order valence-corrected chi connectivity index (χ4v) is 2.02. The van der Waals surface area contributed by atoms with Crippen LogP contribution in [0.1, 0.15) is 24.6 Å². The van der Waals surface area contributed by atoms with Crippen molar-refractivity contribution < 1.29 is 4.74 Å². The molecule has 0 N–H and O–H groups in total. The van der Waals surface area contributed by atoms with Crippen molar-refractivity contribution in [2.45, 2.75) is 31.9 Å². The summed E-state index contributed by atoms with van der Waals surface area (Å²) in [7, 11) is 1.77. The molecule has 0 unspecified atom stereocenters. The van der Waals surface area contributed by atoms with Crippen LogP contribution < -0.4 is 0 Å². The van der Waals surface area contributed by atoms with Crippen molar-refractivity contribution in [2.24, 2.45) is 0 Å². The Balaban J connectivity index is 2.21. The lowest BCUT2D eigenvalue weighted by molar-refractivity contribution is -0.0146. The predicted molar refractivity (Wildman–Crippen MR) is 53.7 cm³/mol. The molecule has 13 heavy (non-hydrogen) atoms. The van der Waals surface area contributed by atoms with Gasteiger partial charge in [-0.05, 0) is 35.7 Å². The van der Waals surface area contributed by atoms with E-state index >= 15 is 0 Å². The number of methoxy groups -OCH3 is 1. The van der Waals surface area contributed by atoms with Crippen molar-refractivity contribution in [3.63, 3.8) is 0 Å². The molecule has 1 aliphatic rings. The molecule has 0 aliphatic heterocycles. The largest absolute Gasteiger partial charge is 0.379 e. The first-order valence-corrected chi connectivity index (χ1v) is 5.25. The molecule has 0 radical (unpaired) electrons. The standard InChI is InChI=1S/C9H13BrN2O/c1-6-7(10)5-11-12(6)8-3-4-9(8)13-2/h5,8-9H,3-4H2,1-2H3/t8-,9+/m1/s1. The van der Waals surface area contributed by atoms with Crippen LogP contribution in [0, 0.1) is 6.92 Å². The molecule has 1 aromatic rings. The molecule has 2 atom stereocenters. The molecule has 0 bridgehead atoms. The van der Waals surface area contributed by atoms with Crippen molar-refractivity contribution in [2.75, 3.05) is 7.11 Å². The van der Waals surface area contributed by atoms with Crippen LogP contribution in [0.2, 0.25) is 0 Å². The van der Waals surface area contributed by atoms with E-state index in [-0.39, 0.29) is 0 Å². The van der Waals surface area contributed by atoms with Gasteiger partial charge in [0.05, 0.1) is 22.8 Å². The van der Waals surface area contributed by atoms with Crippen molar-refractivity contribution >= 4 is 15.9 Å². The lowest BCUT2D eigenvalue weighted by atomic mass is 9.89. The molecule has 1 aromatic heterocycles. The summed E-state index contributed by atoms with van der Waals surface area (Å²) in [4.78, 5) is 0. The highest BCUT2D eigenvalue weighted by molar-refractivity contribution is 9.10. The highest BCUT2D eigenvalue weighted by Gasteiger charge is 2.33. The van der Waals surface area contributed by atoms with Gasteiger partial charge in [-0.25, -0.2) is 0 Å². The number of hydrogen-bond donors (Lipinski definition) is 0. The molecule has 3 nitrogen and oxygen atoms in total. The second kappa shape index (κ2) is 3.42. The zero-order valence-corrected chi connectivity index (χ0v) is 9.41. The summed E-state index contributed by atoms with van der Waals surface area (Å²) in [6, 6.07) is 0.441. The molecule has 0 saturated heterocycles. The van der Waals surface area contributed by atoms with E-state index in [2.05, 4.69) is 32.6 Å². The Bertz CT molecular complexity index is 309. The normalized spacial score (nSPS) is 27.3. The monoisotopic (exact) mass is 244 g/mol. The number of hydrogen-bond acceptors (Lipinski definition) is 2. The van der Waals surface area contributed by atoms with Gasteiger partial charge in [0.15, 0.2) is 0 Å². The molecular formula is C9H13BrN2O. The maximum Gasteiger partial charge on any atom is 0.0796 e. The van der Waals surface area contributed by atoms with Crippen LogP contribution in [-0.2, 0) is 4.74 Å². The summed E-state index contributed by atoms with van der Waals surface area (Å²) in [5.74, 6) is 0. The number of nitrogens with zero attached hydrogens (tertiary/aromatic N) is 2. The van der Waals surface area contributed by atoms with E-state index in [9.17, 15) is 0 Å². The van der Waals surface area contributed by atoms with Crippen molar-refractivity contribution in [1.29, 1.82) is 0 Å². The second-order valence-corrected chi connectivity index (χ2v) is 4.30. The third-order valence-corrected chi connectivity index (χ3v) is 3.56. The van der Waals surface area contributed by atoms with Gasteiger partial charge in [0.1, 0.15) is 0 Å². The van der Waals surface area contributed by atoms with Gasteiger partial charge >= 0.3 is 0 Å². The minimum absolute atomic E-state index is 0.352. The number of halogens is 1. The van der Waals surface area contributed by atoms with E-state index in [0.29, 0.717) is 12.1 Å². The zero-order chi connectivity index (χ0) is 9.42. The van der Waals surface area contributed by atoms with Crippen LogP contribution in [0.3, 0.4) is 0 Å². The fourth-order valence-electron chi connectivity index (χ4n) is 1.74. The third kappa shape index (κ3) is 1.42. The van der Waals surface area contributed by atoms with Crippen molar-refractivity contribution in [3.05, 3.63) is 16.4 Å². The Hall–Kier alpha value is -0.350. The lowest BCUT2D eigenvalue weighted by Crippen LogP contribution is -2.36. The Labute approximate surface area is 86.2 Å². The highest BCUT2D eigenvalue weighted by atomic mass is 79.9. The smallest absolute Gasteiger partial charge is 0.0796 e. The first-order valence-electron chi connectivity index (χ1n) is 4.46. The molecule has 2 rings (SSSR count). The van der Waals surface area contributed by atoms with Crippen LogP contribution in [0.5, 0.6) is 0 Å². The molecule has 0 amide bonds. The summed E-state index contributed by atoms with van der Waals surface area (Å²) in [5.41, 5.74) is 1.19. The van der Waals surface area contributed by atoms with E-state index in [1.54, 1.807) is 7.11 Å². The summed E-state index contributed by atoms with van der Waals surface area (Å²) in [6.45, 7) is 2.07. The van der Waals surface area contributed by atoms with E-state index in [4.69, 9.17) is 4.74 Å². The first-order chi connectivity index (χ1) is 6.24. The van der Waals surface area contributed by atoms with Gasteiger partial charge in [-0.2, -0.15) is 5.10 Å². The molecule has 1 heterocycles. The summed E-state index contributed by atoms with van der Waals surface area (Å²) in [5, 5.41) is 4.33. The Morgan fingerprint density at radius 1 is 1.62 bits per heavy atom. The average molecular weight is 245 g/mol. The SMILES string of the molecule is CO[C@H]1CC[C@H]1n1ncc(Br)c1C. The number of rotatable bonds is 2. The van der Waals surface area contributed by atoms with Crippen LogP contribution >= 0.6 is 15.9 Å². The molecule has 72 valence electrons. The molecule has 0 spiro atoms.